The Morgan fingerprint density at radius 1 is 1.53 bits per heavy atom. The van der Waals surface area contributed by atoms with Crippen LogP contribution in [0.25, 0.3) is 10.6 Å². The average Bonchev–Trinajstić information content (AvgIpc) is 2.77. The number of hydrogen-bond acceptors (Lipinski definition) is 3. The van der Waals surface area contributed by atoms with Crippen molar-refractivity contribution >= 4 is 17.2 Å². The summed E-state index contributed by atoms with van der Waals surface area (Å²) in [5.74, 6) is -1.37. The fourth-order valence-electron chi connectivity index (χ4n) is 1.48. The molecule has 0 radical (unpaired) electrons. The molecule has 1 aromatic carbocycles. The van der Waals surface area contributed by atoms with Gasteiger partial charge in [0.1, 0.15) is 10.8 Å². The van der Waals surface area contributed by atoms with Crippen molar-refractivity contribution in [3.05, 3.63) is 40.7 Å². The molecule has 2 aromatic rings. The number of nitrogens with zero attached hydrogens (tertiary/aromatic N) is 1. The molecule has 2 N–H and O–H groups in total. The SMILES string of the molecule is CCc1cnc(-c2cccc(C(N)=O)c2F)s1. The number of hydrogen-bond donors (Lipinski definition) is 1. The van der Waals surface area contributed by atoms with Gasteiger partial charge in [-0.3, -0.25) is 4.79 Å². The van der Waals surface area contributed by atoms with Gasteiger partial charge in [-0.15, -0.1) is 11.3 Å². The highest BCUT2D eigenvalue weighted by atomic mass is 32.1. The first-order valence-corrected chi connectivity index (χ1v) is 5.98. The van der Waals surface area contributed by atoms with Crippen molar-refractivity contribution in [3.8, 4) is 10.6 Å². The van der Waals surface area contributed by atoms with E-state index < -0.39 is 11.7 Å². The van der Waals surface area contributed by atoms with E-state index in [4.69, 9.17) is 5.73 Å². The van der Waals surface area contributed by atoms with Crippen LogP contribution in [-0.2, 0) is 6.42 Å². The van der Waals surface area contributed by atoms with E-state index in [0.717, 1.165) is 11.3 Å². The van der Waals surface area contributed by atoms with Gasteiger partial charge in [-0.2, -0.15) is 0 Å². The van der Waals surface area contributed by atoms with Gasteiger partial charge < -0.3 is 5.73 Å². The highest BCUT2D eigenvalue weighted by Crippen LogP contribution is 2.28. The number of carbonyl (C=O) groups excluding carboxylic acids is 1. The molecule has 5 heteroatoms. The van der Waals surface area contributed by atoms with E-state index in [1.807, 2.05) is 6.92 Å². The fourth-order valence-corrected chi connectivity index (χ4v) is 2.35. The van der Waals surface area contributed by atoms with Crippen LogP contribution in [0, 0.1) is 5.82 Å². The van der Waals surface area contributed by atoms with Gasteiger partial charge in [-0.1, -0.05) is 13.0 Å². The number of carbonyl (C=O) groups is 1. The lowest BCUT2D eigenvalue weighted by atomic mass is 10.1. The van der Waals surface area contributed by atoms with Crippen molar-refractivity contribution in [3.63, 3.8) is 0 Å². The van der Waals surface area contributed by atoms with Gasteiger partial charge in [0.05, 0.1) is 5.56 Å². The predicted octanol–water partition coefficient (Wildman–Crippen LogP) is 2.61. The molecule has 0 fully saturated rings. The van der Waals surface area contributed by atoms with Crippen LogP contribution in [0.2, 0.25) is 0 Å². The van der Waals surface area contributed by atoms with Crippen molar-refractivity contribution in [2.75, 3.05) is 0 Å². The zero-order valence-electron chi connectivity index (χ0n) is 9.24. The first kappa shape index (κ1) is 11.7. The standard InChI is InChI=1S/C12H11FN2OS/c1-2-7-6-15-12(17-7)9-5-3-4-8(10(9)13)11(14)16/h3-6H,2H2,1H3,(H2,14,16). The normalized spacial score (nSPS) is 10.5. The minimum absolute atomic E-state index is 0.101. The number of benzene rings is 1. The lowest BCUT2D eigenvalue weighted by Gasteiger charge is -2.02. The molecule has 0 spiro atoms. The van der Waals surface area contributed by atoms with Crippen LogP contribution < -0.4 is 5.73 Å². The Hall–Kier alpha value is -1.75. The van der Waals surface area contributed by atoms with Crippen molar-refractivity contribution in [1.82, 2.24) is 4.98 Å². The van der Waals surface area contributed by atoms with Crippen LogP contribution in [0.15, 0.2) is 24.4 Å². The number of thiazole rings is 1. The Kier molecular flexibility index (Phi) is 3.19. The first-order valence-electron chi connectivity index (χ1n) is 5.17. The van der Waals surface area contributed by atoms with Crippen LogP contribution in [0.1, 0.15) is 22.2 Å². The van der Waals surface area contributed by atoms with Crippen LogP contribution >= 0.6 is 11.3 Å². The third-order valence-corrected chi connectivity index (χ3v) is 3.57. The Morgan fingerprint density at radius 3 is 2.88 bits per heavy atom. The van der Waals surface area contributed by atoms with E-state index >= 15 is 0 Å². The molecular weight excluding hydrogens is 239 g/mol. The van der Waals surface area contributed by atoms with E-state index in [9.17, 15) is 9.18 Å². The predicted molar refractivity (Wildman–Crippen MR) is 65.4 cm³/mol. The Morgan fingerprint density at radius 2 is 2.29 bits per heavy atom. The summed E-state index contributed by atoms with van der Waals surface area (Å²) in [5, 5.41) is 0.572. The topological polar surface area (TPSA) is 56.0 Å². The summed E-state index contributed by atoms with van der Waals surface area (Å²) in [4.78, 5) is 16.2. The van der Waals surface area contributed by atoms with E-state index in [1.165, 1.54) is 17.4 Å². The monoisotopic (exact) mass is 250 g/mol. The minimum atomic E-state index is -0.767. The second-order valence-corrected chi connectivity index (χ2v) is 4.63. The molecule has 1 amide bonds. The lowest BCUT2D eigenvalue weighted by molar-refractivity contribution is 0.0996. The second-order valence-electron chi connectivity index (χ2n) is 3.52. The first-order chi connectivity index (χ1) is 8.13. The molecule has 0 saturated heterocycles. The van der Waals surface area contributed by atoms with Crippen molar-refractivity contribution in [1.29, 1.82) is 0 Å². The molecule has 17 heavy (non-hydrogen) atoms. The highest BCUT2D eigenvalue weighted by Gasteiger charge is 2.15. The number of nitrogens with two attached hydrogens (primary N) is 1. The summed E-state index contributed by atoms with van der Waals surface area (Å²) in [7, 11) is 0. The molecule has 0 aliphatic rings. The van der Waals surface area contributed by atoms with Crippen LogP contribution in [0.4, 0.5) is 4.39 Å². The average molecular weight is 250 g/mol. The summed E-state index contributed by atoms with van der Waals surface area (Å²) >= 11 is 1.42. The van der Waals surface area contributed by atoms with Crippen LogP contribution in [0.5, 0.6) is 0 Å². The fraction of sp³-hybridized carbons (Fsp3) is 0.167. The molecule has 0 unspecified atom stereocenters. The van der Waals surface area contributed by atoms with Gasteiger partial charge in [-0.05, 0) is 18.6 Å². The maximum atomic E-state index is 14.0. The largest absolute Gasteiger partial charge is 0.366 e. The summed E-state index contributed by atoms with van der Waals surface area (Å²) in [5.41, 5.74) is 5.32. The quantitative estimate of drug-likeness (QED) is 0.910. The highest BCUT2D eigenvalue weighted by molar-refractivity contribution is 7.15. The Labute approximate surface area is 102 Å². The van der Waals surface area contributed by atoms with Gasteiger partial charge in [0.2, 0.25) is 0 Å². The summed E-state index contributed by atoms with van der Waals surface area (Å²) in [6.45, 7) is 2.01. The van der Waals surface area contributed by atoms with Crippen LogP contribution in [0.3, 0.4) is 0 Å². The number of aryl methyl sites for hydroxylation is 1. The number of primary amides is 1. The summed E-state index contributed by atoms with van der Waals surface area (Å²) < 4.78 is 14.0. The smallest absolute Gasteiger partial charge is 0.251 e. The van der Waals surface area contributed by atoms with Gasteiger partial charge in [-0.25, -0.2) is 9.37 Å². The van der Waals surface area contributed by atoms with Gasteiger partial charge in [0.15, 0.2) is 0 Å². The Balaban J connectivity index is 2.52. The summed E-state index contributed by atoms with van der Waals surface area (Å²) in [6.07, 6.45) is 2.57. The molecule has 3 nitrogen and oxygen atoms in total. The number of amides is 1. The molecule has 0 saturated carbocycles. The molecule has 0 bridgehead atoms. The molecule has 0 aliphatic heterocycles. The van der Waals surface area contributed by atoms with Crippen molar-refractivity contribution < 1.29 is 9.18 Å². The number of rotatable bonds is 3. The molecular formula is C12H11FN2OS. The van der Waals surface area contributed by atoms with E-state index in [0.29, 0.717) is 10.6 Å². The van der Waals surface area contributed by atoms with Crippen LogP contribution in [-0.4, -0.2) is 10.9 Å². The van der Waals surface area contributed by atoms with Gasteiger partial charge in [0, 0.05) is 16.6 Å². The minimum Gasteiger partial charge on any atom is -0.366 e. The van der Waals surface area contributed by atoms with E-state index in [2.05, 4.69) is 4.98 Å². The third-order valence-electron chi connectivity index (χ3n) is 2.40. The zero-order valence-corrected chi connectivity index (χ0v) is 10.1. The van der Waals surface area contributed by atoms with E-state index in [-0.39, 0.29) is 5.56 Å². The molecule has 0 aliphatic carbocycles. The maximum Gasteiger partial charge on any atom is 0.251 e. The van der Waals surface area contributed by atoms with Crippen molar-refractivity contribution in [2.45, 2.75) is 13.3 Å². The van der Waals surface area contributed by atoms with Crippen molar-refractivity contribution in [2.24, 2.45) is 5.73 Å². The molecule has 1 aromatic heterocycles. The number of aromatic nitrogens is 1. The lowest BCUT2D eigenvalue weighted by Crippen LogP contribution is -2.13. The molecule has 2 rings (SSSR count). The number of halogens is 1. The second kappa shape index (κ2) is 4.63. The van der Waals surface area contributed by atoms with Gasteiger partial charge in [0.25, 0.3) is 5.91 Å². The summed E-state index contributed by atoms with van der Waals surface area (Å²) in [6, 6.07) is 4.57. The zero-order chi connectivity index (χ0) is 12.4. The maximum absolute atomic E-state index is 14.0. The Bertz CT molecular complexity index is 565. The van der Waals surface area contributed by atoms with E-state index in [1.54, 1.807) is 18.3 Å². The molecule has 1 heterocycles. The molecule has 0 atom stereocenters. The van der Waals surface area contributed by atoms with Gasteiger partial charge >= 0.3 is 0 Å². The third kappa shape index (κ3) is 2.19. The molecule has 88 valence electrons.